The number of rotatable bonds is 7. The van der Waals surface area contributed by atoms with Crippen LogP contribution in [-0.2, 0) is 14.4 Å². The van der Waals surface area contributed by atoms with Crippen LogP contribution in [0.2, 0.25) is 0 Å². The Morgan fingerprint density at radius 1 is 1.39 bits per heavy atom. The van der Waals surface area contributed by atoms with Crippen LogP contribution >= 0.6 is 0 Å². The van der Waals surface area contributed by atoms with Crippen LogP contribution < -0.4 is 10.6 Å². The van der Waals surface area contributed by atoms with Crippen LogP contribution in [0.15, 0.2) is 0 Å². The molecule has 4 N–H and O–H groups in total. The average Bonchev–Trinajstić information content (AvgIpc) is 3.02. The van der Waals surface area contributed by atoms with Gasteiger partial charge in [0.1, 0.15) is 6.04 Å². The highest BCUT2D eigenvalue weighted by Gasteiger charge is 2.38. The van der Waals surface area contributed by atoms with E-state index in [1.807, 2.05) is 6.92 Å². The molecule has 102 valence electrons. The van der Waals surface area contributed by atoms with Crippen molar-refractivity contribution < 1.29 is 24.6 Å². The second-order valence-corrected chi connectivity index (χ2v) is 4.50. The molecule has 0 heterocycles. The molecule has 0 spiro atoms. The summed E-state index contributed by atoms with van der Waals surface area (Å²) in [6.07, 6.45) is 0.875. The van der Waals surface area contributed by atoms with Gasteiger partial charge in [0.15, 0.2) is 0 Å². The maximum absolute atomic E-state index is 11.4. The molecular formula is C11H18N2O5. The van der Waals surface area contributed by atoms with Crippen LogP contribution in [0.1, 0.15) is 19.8 Å². The molecule has 1 saturated carbocycles. The molecular weight excluding hydrogens is 240 g/mol. The average molecular weight is 258 g/mol. The summed E-state index contributed by atoms with van der Waals surface area (Å²) in [5.41, 5.74) is 0. The lowest BCUT2D eigenvalue weighted by Crippen LogP contribution is -2.44. The minimum Gasteiger partial charge on any atom is -0.480 e. The molecule has 0 aromatic carbocycles. The first-order valence-corrected chi connectivity index (χ1v) is 5.86. The molecule has 1 aliphatic carbocycles. The van der Waals surface area contributed by atoms with Gasteiger partial charge in [0.05, 0.1) is 6.61 Å². The van der Waals surface area contributed by atoms with Crippen LogP contribution in [0.25, 0.3) is 0 Å². The maximum Gasteiger partial charge on any atom is 0.328 e. The molecule has 1 aliphatic rings. The van der Waals surface area contributed by atoms with E-state index in [4.69, 9.17) is 10.2 Å². The van der Waals surface area contributed by atoms with Gasteiger partial charge in [-0.25, -0.2) is 4.79 Å². The van der Waals surface area contributed by atoms with Crippen molar-refractivity contribution in [2.75, 3.05) is 13.2 Å². The topological polar surface area (TPSA) is 116 Å². The van der Waals surface area contributed by atoms with Gasteiger partial charge in [-0.15, -0.1) is 0 Å². The summed E-state index contributed by atoms with van der Waals surface area (Å²) in [4.78, 5) is 33.3. The smallest absolute Gasteiger partial charge is 0.328 e. The van der Waals surface area contributed by atoms with E-state index in [2.05, 4.69) is 10.6 Å². The molecule has 0 aromatic heterocycles. The number of carbonyl (C=O) groups is 3. The van der Waals surface area contributed by atoms with Gasteiger partial charge in [0.2, 0.25) is 11.8 Å². The fourth-order valence-corrected chi connectivity index (χ4v) is 1.57. The zero-order valence-electron chi connectivity index (χ0n) is 10.2. The molecule has 3 atom stereocenters. The Balaban J connectivity index is 2.16. The number of carbonyl (C=O) groups excluding carboxylic acids is 2. The van der Waals surface area contributed by atoms with E-state index in [1.54, 1.807) is 0 Å². The number of hydrogen-bond donors (Lipinski definition) is 4. The first-order valence-electron chi connectivity index (χ1n) is 5.86. The lowest BCUT2D eigenvalue weighted by atomic mass is 10.3. The molecule has 1 fully saturated rings. The zero-order chi connectivity index (χ0) is 13.7. The molecule has 2 amide bonds. The van der Waals surface area contributed by atoms with E-state index in [9.17, 15) is 14.4 Å². The number of nitrogens with one attached hydrogen (secondary N) is 2. The Morgan fingerprint density at radius 3 is 2.44 bits per heavy atom. The quantitative estimate of drug-likeness (QED) is 0.453. The largest absolute Gasteiger partial charge is 0.480 e. The van der Waals surface area contributed by atoms with Crippen molar-refractivity contribution >= 4 is 17.8 Å². The van der Waals surface area contributed by atoms with Crippen LogP contribution in [0.4, 0.5) is 0 Å². The number of aliphatic hydroxyl groups excluding tert-OH is 1. The van der Waals surface area contributed by atoms with Gasteiger partial charge >= 0.3 is 5.97 Å². The summed E-state index contributed by atoms with van der Waals surface area (Å²) in [7, 11) is 0. The fraction of sp³-hybridized carbons (Fsp3) is 0.727. The molecule has 0 aliphatic heterocycles. The molecule has 0 saturated heterocycles. The third-order valence-corrected chi connectivity index (χ3v) is 2.91. The molecule has 1 rings (SSSR count). The number of amides is 2. The molecule has 2 unspecified atom stereocenters. The van der Waals surface area contributed by atoms with Crippen molar-refractivity contribution in [2.24, 2.45) is 11.8 Å². The van der Waals surface area contributed by atoms with E-state index in [0.717, 1.165) is 6.42 Å². The summed E-state index contributed by atoms with van der Waals surface area (Å²) < 4.78 is 0. The van der Waals surface area contributed by atoms with Crippen LogP contribution in [0.5, 0.6) is 0 Å². The second kappa shape index (κ2) is 6.34. The molecule has 0 radical (unpaired) electrons. The van der Waals surface area contributed by atoms with Gasteiger partial charge in [0, 0.05) is 18.9 Å². The fourth-order valence-electron chi connectivity index (χ4n) is 1.57. The number of aliphatic carboxylic acids is 1. The Bertz CT molecular complexity index is 344. The number of carboxylic acids is 1. The first-order chi connectivity index (χ1) is 8.45. The van der Waals surface area contributed by atoms with Crippen molar-refractivity contribution in [1.82, 2.24) is 10.6 Å². The van der Waals surface area contributed by atoms with Crippen LogP contribution in [-0.4, -0.2) is 47.2 Å². The van der Waals surface area contributed by atoms with E-state index < -0.39 is 24.5 Å². The number of carboxylic acid groups (broad SMARTS) is 1. The molecule has 0 aromatic rings. The molecule has 7 heteroatoms. The van der Waals surface area contributed by atoms with Gasteiger partial charge in [-0.1, -0.05) is 6.92 Å². The minimum atomic E-state index is -1.29. The third kappa shape index (κ3) is 4.33. The summed E-state index contributed by atoms with van der Waals surface area (Å²) >= 11 is 0. The SMILES string of the molecule is CC1CC1C(=O)NCCC(=O)N[C@@H](CO)C(=O)O. The second-order valence-electron chi connectivity index (χ2n) is 4.50. The van der Waals surface area contributed by atoms with E-state index in [-0.39, 0.29) is 24.8 Å². The minimum absolute atomic E-state index is 0.00335. The molecule has 18 heavy (non-hydrogen) atoms. The van der Waals surface area contributed by atoms with Crippen LogP contribution in [0.3, 0.4) is 0 Å². The van der Waals surface area contributed by atoms with E-state index >= 15 is 0 Å². The third-order valence-electron chi connectivity index (χ3n) is 2.91. The highest BCUT2D eigenvalue weighted by atomic mass is 16.4. The summed E-state index contributed by atoms with van der Waals surface area (Å²) in [6, 6.07) is -1.29. The molecule has 7 nitrogen and oxygen atoms in total. The summed E-state index contributed by atoms with van der Waals surface area (Å²) in [5, 5.41) is 22.1. The van der Waals surface area contributed by atoms with E-state index in [0.29, 0.717) is 5.92 Å². The molecule has 0 bridgehead atoms. The van der Waals surface area contributed by atoms with Gasteiger partial charge in [-0.3, -0.25) is 9.59 Å². The highest BCUT2D eigenvalue weighted by molar-refractivity contribution is 5.85. The lowest BCUT2D eigenvalue weighted by molar-refractivity contribution is -0.143. The Hall–Kier alpha value is -1.63. The standard InChI is InChI=1S/C11H18N2O5/c1-6-4-7(6)10(16)12-3-2-9(15)13-8(5-14)11(17)18/h6-8,14H,2-5H2,1H3,(H,12,16)(H,13,15)(H,17,18)/t6?,7?,8-/m0/s1. The monoisotopic (exact) mass is 258 g/mol. The predicted octanol–water partition coefficient (Wildman–Crippen LogP) is -1.29. The summed E-state index contributed by atoms with van der Waals surface area (Å²) in [5.74, 6) is -1.41. The first kappa shape index (κ1) is 14.4. The lowest BCUT2D eigenvalue weighted by Gasteiger charge is -2.11. The van der Waals surface area contributed by atoms with E-state index in [1.165, 1.54) is 0 Å². The zero-order valence-corrected chi connectivity index (χ0v) is 10.2. The maximum atomic E-state index is 11.4. The van der Waals surface area contributed by atoms with Gasteiger partial charge < -0.3 is 20.8 Å². The number of hydrogen-bond acceptors (Lipinski definition) is 4. The van der Waals surface area contributed by atoms with Crippen molar-refractivity contribution in [3.8, 4) is 0 Å². The number of aliphatic hydroxyl groups is 1. The van der Waals surface area contributed by atoms with Crippen molar-refractivity contribution in [3.63, 3.8) is 0 Å². The van der Waals surface area contributed by atoms with Crippen molar-refractivity contribution in [2.45, 2.75) is 25.8 Å². The van der Waals surface area contributed by atoms with Crippen molar-refractivity contribution in [1.29, 1.82) is 0 Å². The van der Waals surface area contributed by atoms with Gasteiger partial charge in [0.25, 0.3) is 0 Å². The normalized spacial score (nSPS) is 23.0. The highest BCUT2D eigenvalue weighted by Crippen LogP contribution is 2.37. The predicted molar refractivity (Wildman–Crippen MR) is 61.6 cm³/mol. The summed E-state index contributed by atoms with van der Waals surface area (Å²) in [6.45, 7) is 1.49. The Labute approximate surface area is 105 Å². The van der Waals surface area contributed by atoms with Gasteiger partial charge in [-0.2, -0.15) is 0 Å². The Morgan fingerprint density at radius 2 is 2.00 bits per heavy atom. The van der Waals surface area contributed by atoms with Crippen LogP contribution in [0, 0.1) is 11.8 Å². The Kier molecular flexibility index (Phi) is 5.08. The van der Waals surface area contributed by atoms with Gasteiger partial charge in [-0.05, 0) is 12.3 Å². The van der Waals surface area contributed by atoms with Crippen molar-refractivity contribution in [3.05, 3.63) is 0 Å².